The molecule has 3 aromatic rings. The maximum Gasteiger partial charge on any atom is 0.410 e. The molecule has 0 aliphatic carbocycles. The first-order chi connectivity index (χ1) is 19.1. The highest BCUT2D eigenvalue weighted by Crippen LogP contribution is 2.45. The lowest BCUT2D eigenvalue weighted by atomic mass is 9.82. The molecule has 2 aliphatic heterocycles. The number of rotatable bonds is 4. The van der Waals surface area contributed by atoms with Crippen LogP contribution in [0.5, 0.6) is 0 Å². The Bertz CT molecular complexity index is 1530. The molecule has 5 rings (SSSR count). The lowest BCUT2D eigenvalue weighted by Crippen LogP contribution is -2.45. The fraction of sp³-hybridized carbons (Fsp3) is 0.483. The Kier molecular flexibility index (Phi) is 7.16. The zero-order valence-corrected chi connectivity index (χ0v) is 23.5. The molecular weight excluding hydrogens is 541 g/mol. The van der Waals surface area contributed by atoms with Gasteiger partial charge in [-0.05, 0) is 75.4 Å². The van der Waals surface area contributed by atoms with Crippen molar-refractivity contribution in [3.05, 3.63) is 65.0 Å². The van der Waals surface area contributed by atoms with Crippen molar-refractivity contribution in [2.45, 2.75) is 83.6 Å². The summed E-state index contributed by atoms with van der Waals surface area (Å²) >= 11 is 0. The number of halogens is 3. The van der Waals surface area contributed by atoms with Crippen molar-refractivity contribution < 1.29 is 37.7 Å². The zero-order chi connectivity index (χ0) is 30.0. The normalized spacial score (nSPS) is 24.7. The van der Waals surface area contributed by atoms with Crippen molar-refractivity contribution >= 4 is 22.7 Å². The zero-order valence-electron chi connectivity index (χ0n) is 23.5. The third-order valence-corrected chi connectivity index (χ3v) is 7.70. The highest BCUT2D eigenvalue weighted by molar-refractivity contribution is 5.79. The van der Waals surface area contributed by atoms with Gasteiger partial charge in [-0.1, -0.05) is 6.58 Å². The van der Waals surface area contributed by atoms with E-state index in [0.29, 0.717) is 11.3 Å². The van der Waals surface area contributed by atoms with Crippen molar-refractivity contribution in [3.63, 3.8) is 0 Å². The number of aliphatic hydroxyl groups excluding tert-OH is 1. The summed E-state index contributed by atoms with van der Waals surface area (Å²) in [7, 11) is 0. The maximum atomic E-state index is 15.3. The van der Waals surface area contributed by atoms with Gasteiger partial charge in [0.25, 0.3) is 6.43 Å². The first-order valence-electron chi connectivity index (χ1n) is 13.2. The molecule has 9 nitrogen and oxygen atoms in total. The number of carbonyl (C=O) groups excluding carboxylic acids is 1. The summed E-state index contributed by atoms with van der Waals surface area (Å²) in [5.41, 5.74) is -1.87. The minimum absolute atomic E-state index is 0.0250. The van der Waals surface area contributed by atoms with Crippen LogP contribution >= 0.6 is 0 Å². The highest BCUT2D eigenvalue weighted by Gasteiger charge is 2.54. The minimum atomic E-state index is -3.12. The van der Waals surface area contributed by atoms with Crippen LogP contribution in [-0.2, 0) is 22.4 Å². The number of nitrogens with zero attached hydrogens (tertiary/aromatic N) is 4. The number of hydrogen-bond donors (Lipinski definition) is 2. The van der Waals surface area contributed by atoms with Crippen LogP contribution in [0, 0.1) is 12.7 Å². The van der Waals surface area contributed by atoms with Gasteiger partial charge in [0.2, 0.25) is 0 Å². The van der Waals surface area contributed by atoms with Crippen molar-refractivity contribution in [1.82, 2.24) is 19.4 Å². The summed E-state index contributed by atoms with van der Waals surface area (Å²) in [5.74, 6) is -1.04. The molecule has 1 fully saturated rings. The fourth-order valence-corrected chi connectivity index (χ4v) is 5.55. The van der Waals surface area contributed by atoms with E-state index in [1.807, 2.05) is 0 Å². The van der Waals surface area contributed by atoms with Gasteiger partial charge >= 0.3 is 6.09 Å². The van der Waals surface area contributed by atoms with Crippen LogP contribution in [0.15, 0.2) is 31.2 Å². The summed E-state index contributed by atoms with van der Waals surface area (Å²) in [5, 5.41) is 23.4. The molecule has 12 heteroatoms. The monoisotopic (exact) mass is 574 g/mol. The number of ether oxygens (including phenoxy) is 2. The SMILES string of the molecule is C=C(c1cc(C(F)F)c(F)c2c1CN(C(=O)OC(C)(C)C)CC2)[C@H]1O[C@@H](n2ccc3c(C)ncnc32)[C@H](O)[C@]1(C)O. The van der Waals surface area contributed by atoms with Gasteiger partial charge in [0, 0.05) is 24.7 Å². The van der Waals surface area contributed by atoms with Crippen LogP contribution in [0.3, 0.4) is 0 Å². The number of carbonyl (C=O) groups is 1. The van der Waals surface area contributed by atoms with Gasteiger partial charge < -0.3 is 29.2 Å². The van der Waals surface area contributed by atoms with Crippen LogP contribution in [0.2, 0.25) is 0 Å². The molecule has 0 bridgehead atoms. The second kappa shape index (κ2) is 10.1. The molecule has 0 radical (unpaired) electrons. The smallest absolute Gasteiger partial charge is 0.410 e. The molecule has 4 heterocycles. The van der Waals surface area contributed by atoms with Gasteiger partial charge in [-0.15, -0.1) is 0 Å². The molecular formula is C29H33F3N4O5. The summed E-state index contributed by atoms with van der Waals surface area (Å²) in [6, 6.07) is 2.74. The number of aliphatic hydroxyl groups is 2. The Morgan fingerprint density at radius 2 is 2.00 bits per heavy atom. The van der Waals surface area contributed by atoms with Crippen molar-refractivity contribution in [1.29, 1.82) is 0 Å². The topological polar surface area (TPSA) is 110 Å². The number of aromatic nitrogens is 3. The Hall–Kier alpha value is -3.48. The van der Waals surface area contributed by atoms with E-state index in [1.165, 1.54) is 18.2 Å². The van der Waals surface area contributed by atoms with Crippen molar-refractivity contribution in [2.24, 2.45) is 0 Å². The minimum Gasteiger partial charge on any atom is -0.444 e. The van der Waals surface area contributed by atoms with E-state index < -0.39 is 53.5 Å². The molecule has 0 unspecified atom stereocenters. The summed E-state index contributed by atoms with van der Waals surface area (Å²) in [6.45, 7) is 12.3. The number of aryl methyl sites for hydroxylation is 1. The first kappa shape index (κ1) is 29.0. The van der Waals surface area contributed by atoms with Gasteiger partial charge in [0.05, 0.1) is 11.3 Å². The van der Waals surface area contributed by atoms with Gasteiger partial charge in [-0.25, -0.2) is 27.9 Å². The van der Waals surface area contributed by atoms with Gasteiger partial charge in [-0.3, -0.25) is 0 Å². The summed E-state index contributed by atoms with van der Waals surface area (Å²) in [4.78, 5) is 22.6. The molecule has 1 saturated heterocycles. The fourth-order valence-electron chi connectivity index (χ4n) is 5.55. The third-order valence-electron chi connectivity index (χ3n) is 7.70. The molecule has 2 N–H and O–H groups in total. The van der Waals surface area contributed by atoms with Crippen molar-refractivity contribution in [2.75, 3.05) is 6.54 Å². The molecule has 0 saturated carbocycles. The van der Waals surface area contributed by atoms with E-state index in [1.54, 1.807) is 44.5 Å². The van der Waals surface area contributed by atoms with E-state index in [4.69, 9.17) is 9.47 Å². The van der Waals surface area contributed by atoms with Crippen LogP contribution in [0.4, 0.5) is 18.0 Å². The number of alkyl halides is 2. The Morgan fingerprint density at radius 1 is 1.29 bits per heavy atom. The second-order valence-corrected chi connectivity index (χ2v) is 11.8. The van der Waals surface area contributed by atoms with Crippen molar-refractivity contribution in [3.8, 4) is 0 Å². The quantitative estimate of drug-likeness (QED) is 0.459. The van der Waals surface area contributed by atoms with E-state index in [0.717, 1.165) is 11.5 Å². The number of hydrogen-bond acceptors (Lipinski definition) is 7. The lowest BCUT2D eigenvalue weighted by molar-refractivity contribution is -0.0524. The molecule has 2 aliphatic rings. The average Bonchev–Trinajstić information content (AvgIpc) is 3.41. The highest BCUT2D eigenvalue weighted by atomic mass is 19.3. The van der Waals surface area contributed by atoms with Gasteiger partial charge in [0.1, 0.15) is 41.2 Å². The maximum absolute atomic E-state index is 15.3. The van der Waals surface area contributed by atoms with Crippen LogP contribution in [0.1, 0.15) is 68.3 Å². The van der Waals surface area contributed by atoms with E-state index >= 15 is 4.39 Å². The van der Waals surface area contributed by atoms with E-state index in [-0.39, 0.29) is 41.8 Å². The van der Waals surface area contributed by atoms with Crippen LogP contribution in [0.25, 0.3) is 16.6 Å². The third kappa shape index (κ3) is 4.98. The predicted octanol–water partition coefficient (Wildman–Crippen LogP) is 4.83. The van der Waals surface area contributed by atoms with E-state index in [9.17, 15) is 23.8 Å². The molecule has 41 heavy (non-hydrogen) atoms. The lowest BCUT2D eigenvalue weighted by Gasteiger charge is -2.34. The second-order valence-electron chi connectivity index (χ2n) is 11.8. The molecule has 4 atom stereocenters. The number of amides is 1. The summed E-state index contributed by atoms with van der Waals surface area (Å²) in [6.07, 6.45) is -4.61. The van der Waals surface area contributed by atoms with Gasteiger partial charge in [0.15, 0.2) is 6.23 Å². The Morgan fingerprint density at radius 3 is 2.66 bits per heavy atom. The average molecular weight is 575 g/mol. The largest absolute Gasteiger partial charge is 0.444 e. The molecule has 1 amide bonds. The van der Waals surface area contributed by atoms with Gasteiger partial charge in [-0.2, -0.15) is 0 Å². The molecule has 220 valence electrons. The summed E-state index contributed by atoms with van der Waals surface area (Å²) < 4.78 is 56.4. The van der Waals surface area contributed by atoms with Crippen LogP contribution < -0.4 is 0 Å². The first-order valence-corrected chi connectivity index (χ1v) is 13.2. The van der Waals surface area contributed by atoms with E-state index in [2.05, 4.69) is 16.5 Å². The predicted molar refractivity (Wildman–Crippen MR) is 144 cm³/mol. The molecule has 0 spiro atoms. The van der Waals surface area contributed by atoms with Crippen LogP contribution in [-0.4, -0.2) is 65.7 Å². The number of fused-ring (bicyclic) bond motifs is 2. The molecule has 1 aromatic carbocycles. The molecule has 2 aromatic heterocycles. The number of benzene rings is 1. The Balaban J connectivity index is 1.55. The standard InChI is InChI=1S/C29H33F3N4O5/c1-14(23-29(6,39)22(37)26(40-23)36-10-8-16-15(2)33-13-34-25(16)36)18-11-19(24(31)32)21(30)17-7-9-35(12-20(17)18)27(38)41-28(3,4)5/h8,10-11,13,22-24,26,37,39H,1,7,9,12H2,2-6H3/t22-,23+,26+,29-/m0/s1. The Labute approximate surface area is 235 Å².